The standard InChI is InChI=1S/C16H17Br2NO/c1-3-19-16(12-6-4-5-7-14(12)18)13-10-11(17)8-9-15(13)20-2/h4-10,16,19H,3H2,1-2H3. The van der Waals surface area contributed by atoms with E-state index in [0.717, 1.165) is 26.8 Å². The topological polar surface area (TPSA) is 21.3 Å². The monoisotopic (exact) mass is 397 g/mol. The van der Waals surface area contributed by atoms with Gasteiger partial charge in [0, 0.05) is 14.5 Å². The van der Waals surface area contributed by atoms with Crippen LogP contribution in [-0.2, 0) is 0 Å². The minimum absolute atomic E-state index is 0.0861. The van der Waals surface area contributed by atoms with Crippen molar-refractivity contribution >= 4 is 31.9 Å². The molecule has 106 valence electrons. The Hall–Kier alpha value is -0.840. The second-order valence-corrected chi connectivity index (χ2v) is 6.17. The minimum Gasteiger partial charge on any atom is -0.496 e. The lowest BCUT2D eigenvalue weighted by atomic mass is 9.98. The summed E-state index contributed by atoms with van der Waals surface area (Å²) in [5.74, 6) is 0.884. The van der Waals surface area contributed by atoms with Crippen LogP contribution in [0.25, 0.3) is 0 Å². The van der Waals surface area contributed by atoms with Gasteiger partial charge in [0.15, 0.2) is 0 Å². The third kappa shape index (κ3) is 3.43. The van der Waals surface area contributed by atoms with Crippen molar-refractivity contribution in [3.05, 3.63) is 62.5 Å². The fraction of sp³-hybridized carbons (Fsp3) is 0.250. The highest BCUT2D eigenvalue weighted by atomic mass is 79.9. The molecule has 1 atom stereocenters. The first-order valence-electron chi connectivity index (χ1n) is 6.48. The van der Waals surface area contributed by atoms with Gasteiger partial charge in [-0.3, -0.25) is 0 Å². The predicted molar refractivity (Wildman–Crippen MR) is 90.4 cm³/mol. The summed E-state index contributed by atoms with van der Waals surface area (Å²) >= 11 is 7.18. The van der Waals surface area contributed by atoms with Crippen molar-refractivity contribution < 1.29 is 4.74 Å². The summed E-state index contributed by atoms with van der Waals surface area (Å²) in [6.07, 6.45) is 0. The molecule has 0 amide bonds. The Kier molecular flexibility index (Phi) is 5.64. The Morgan fingerprint density at radius 3 is 2.50 bits per heavy atom. The number of halogens is 2. The van der Waals surface area contributed by atoms with Crippen LogP contribution in [0, 0.1) is 0 Å². The molecule has 0 saturated heterocycles. The van der Waals surface area contributed by atoms with Crippen LogP contribution in [0.5, 0.6) is 5.75 Å². The van der Waals surface area contributed by atoms with E-state index in [-0.39, 0.29) is 6.04 Å². The first-order chi connectivity index (χ1) is 9.67. The summed E-state index contributed by atoms with van der Waals surface area (Å²) in [4.78, 5) is 0. The molecule has 4 heteroatoms. The summed E-state index contributed by atoms with van der Waals surface area (Å²) in [5, 5.41) is 3.53. The molecule has 0 fully saturated rings. The maximum absolute atomic E-state index is 5.51. The van der Waals surface area contributed by atoms with E-state index in [9.17, 15) is 0 Å². The third-order valence-corrected chi connectivity index (χ3v) is 4.34. The van der Waals surface area contributed by atoms with Gasteiger partial charge in [-0.1, -0.05) is 57.0 Å². The smallest absolute Gasteiger partial charge is 0.124 e. The van der Waals surface area contributed by atoms with Crippen LogP contribution in [0.3, 0.4) is 0 Å². The molecule has 0 aliphatic carbocycles. The van der Waals surface area contributed by atoms with Crippen molar-refractivity contribution in [1.29, 1.82) is 0 Å². The normalized spacial score (nSPS) is 12.2. The highest BCUT2D eigenvalue weighted by Gasteiger charge is 2.19. The van der Waals surface area contributed by atoms with Gasteiger partial charge in [-0.2, -0.15) is 0 Å². The summed E-state index contributed by atoms with van der Waals surface area (Å²) in [7, 11) is 1.70. The van der Waals surface area contributed by atoms with Crippen LogP contribution in [-0.4, -0.2) is 13.7 Å². The molecule has 0 heterocycles. The Bertz CT molecular complexity index is 586. The Morgan fingerprint density at radius 2 is 1.85 bits per heavy atom. The lowest BCUT2D eigenvalue weighted by Crippen LogP contribution is -2.23. The maximum Gasteiger partial charge on any atom is 0.124 e. The van der Waals surface area contributed by atoms with Gasteiger partial charge in [0.05, 0.1) is 13.2 Å². The second-order valence-electron chi connectivity index (χ2n) is 4.40. The molecular formula is C16H17Br2NO. The minimum atomic E-state index is 0.0861. The van der Waals surface area contributed by atoms with E-state index in [0.29, 0.717) is 0 Å². The zero-order chi connectivity index (χ0) is 14.5. The van der Waals surface area contributed by atoms with E-state index >= 15 is 0 Å². The molecule has 0 spiro atoms. The first-order valence-corrected chi connectivity index (χ1v) is 8.07. The molecule has 20 heavy (non-hydrogen) atoms. The van der Waals surface area contributed by atoms with E-state index < -0.39 is 0 Å². The molecule has 1 N–H and O–H groups in total. The molecular weight excluding hydrogens is 382 g/mol. The van der Waals surface area contributed by atoms with Crippen molar-refractivity contribution in [1.82, 2.24) is 5.32 Å². The van der Waals surface area contributed by atoms with E-state index in [2.05, 4.69) is 68.4 Å². The average Bonchev–Trinajstić information content (AvgIpc) is 2.46. The molecule has 2 aromatic carbocycles. The number of ether oxygens (including phenoxy) is 1. The lowest BCUT2D eigenvalue weighted by Gasteiger charge is -2.22. The zero-order valence-corrected chi connectivity index (χ0v) is 14.7. The van der Waals surface area contributed by atoms with Gasteiger partial charge in [0.1, 0.15) is 5.75 Å². The maximum atomic E-state index is 5.51. The predicted octanol–water partition coefficient (Wildman–Crippen LogP) is 4.92. The van der Waals surface area contributed by atoms with Crippen LogP contribution in [0.1, 0.15) is 24.1 Å². The molecule has 0 aliphatic heterocycles. The number of methoxy groups -OCH3 is 1. The highest BCUT2D eigenvalue weighted by molar-refractivity contribution is 9.10. The fourth-order valence-corrected chi connectivity index (χ4v) is 3.12. The van der Waals surface area contributed by atoms with Gasteiger partial charge in [0.25, 0.3) is 0 Å². The van der Waals surface area contributed by atoms with Crippen LogP contribution >= 0.6 is 31.9 Å². The quantitative estimate of drug-likeness (QED) is 0.771. The van der Waals surface area contributed by atoms with Crippen LogP contribution in [0.2, 0.25) is 0 Å². The number of rotatable bonds is 5. The second kappa shape index (κ2) is 7.25. The number of hydrogen-bond acceptors (Lipinski definition) is 2. The highest BCUT2D eigenvalue weighted by Crippen LogP contribution is 2.35. The Morgan fingerprint density at radius 1 is 1.10 bits per heavy atom. The van der Waals surface area contributed by atoms with Crippen molar-refractivity contribution in [3.8, 4) is 5.75 Å². The lowest BCUT2D eigenvalue weighted by molar-refractivity contribution is 0.404. The number of nitrogens with one attached hydrogen (secondary N) is 1. The van der Waals surface area contributed by atoms with Crippen LogP contribution in [0.15, 0.2) is 51.4 Å². The van der Waals surface area contributed by atoms with Gasteiger partial charge < -0.3 is 10.1 Å². The molecule has 0 aliphatic rings. The van der Waals surface area contributed by atoms with Crippen LogP contribution in [0.4, 0.5) is 0 Å². The van der Waals surface area contributed by atoms with Gasteiger partial charge in [-0.15, -0.1) is 0 Å². The van der Waals surface area contributed by atoms with Gasteiger partial charge in [-0.05, 0) is 36.4 Å². The number of benzene rings is 2. The SMILES string of the molecule is CCNC(c1ccccc1Br)c1cc(Br)ccc1OC. The summed E-state index contributed by atoms with van der Waals surface area (Å²) in [5.41, 5.74) is 2.32. The van der Waals surface area contributed by atoms with E-state index in [1.54, 1.807) is 7.11 Å². The molecule has 2 aromatic rings. The zero-order valence-electron chi connectivity index (χ0n) is 11.5. The third-order valence-electron chi connectivity index (χ3n) is 3.13. The van der Waals surface area contributed by atoms with E-state index in [1.807, 2.05) is 18.2 Å². The van der Waals surface area contributed by atoms with E-state index in [1.165, 1.54) is 5.56 Å². The summed E-state index contributed by atoms with van der Waals surface area (Å²) in [6.45, 7) is 2.98. The Balaban J connectivity index is 2.54. The molecule has 0 bridgehead atoms. The van der Waals surface area contributed by atoms with Crippen molar-refractivity contribution in [2.45, 2.75) is 13.0 Å². The molecule has 1 unspecified atom stereocenters. The van der Waals surface area contributed by atoms with Crippen molar-refractivity contribution in [3.63, 3.8) is 0 Å². The fourth-order valence-electron chi connectivity index (χ4n) is 2.23. The molecule has 2 nitrogen and oxygen atoms in total. The molecule has 0 saturated carbocycles. The average molecular weight is 399 g/mol. The molecule has 0 aromatic heterocycles. The number of hydrogen-bond donors (Lipinski definition) is 1. The van der Waals surface area contributed by atoms with Crippen molar-refractivity contribution in [2.75, 3.05) is 13.7 Å². The van der Waals surface area contributed by atoms with Crippen LogP contribution < -0.4 is 10.1 Å². The van der Waals surface area contributed by atoms with E-state index in [4.69, 9.17) is 4.74 Å². The van der Waals surface area contributed by atoms with Gasteiger partial charge >= 0.3 is 0 Å². The molecule has 2 rings (SSSR count). The largest absolute Gasteiger partial charge is 0.496 e. The first kappa shape index (κ1) is 15.5. The summed E-state index contributed by atoms with van der Waals surface area (Å²) in [6, 6.07) is 14.4. The van der Waals surface area contributed by atoms with Gasteiger partial charge in [0.2, 0.25) is 0 Å². The van der Waals surface area contributed by atoms with Gasteiger partial charge in [-0.25, -0.2) is 0 Å². The van der Waals surface area contributed by atoms with Crippen molar-refractivity contribution in [2.24, 2.45) is 0 Å². The summed E-state index contributed by atoms with van der Waals surface area (Å²) < 4.78 is 7.65. The molecule has 0 radical (unpaired) electrons. The Labute approximate surface area is 136 Å².